The van der Waals surface area contributed by atoms with Crippen molar-refractivity contribution >= 4 is 23.3 Å². The van der Waals surface area contributed by atoms with Gasteiger partial charge >= 0.3 is 25.2 Å². The van der Waals surface area contributed by atoms with Crippen molar-refractivity contribution in [2.45, 2.75) is 40.2 Å². The Balaban J connectivity index is 0.000000211. The quantitative estimate of drug-likeness (QED) is 0.0728. The Labute approximate surface area is 313 Å². The second kappa shape index (κ2) is 18.4. The molecule has 0 saturated carbocycles. The predicted octanol–water partition coefficient (Wildman–Crippen LogP) is 10.4. The van der Waals surface area contributed by atoms with Gasteiger partial charge in [-0.25, -0.2) is 9.59 Å². The van der Waals surface area contributed by atoms with E-state index in [9.17, 15) is 27.2 Å². The van der Waals surface area contributed by atoms with E-state index in [1.807, 2.05) is 48.5 Å². The highest BCUT2D eigenvalue weighted by atomic mass is 19.3. The molecule has 0 unspecified atom stereocenters. The van der Waals surface area contributed by atoms with Crippen LogP contribution in [0.3, 0.4) is 0 Å². The van der Waals surface area contributed by atoms with E-state index in [-0.39, 0.29) is 23.0 Å². The summed E-state index contributed by atoms with van der Waals surface area (Å²) in [6, 6.07) is 31.3. The molecule has 0 aliphatic carbocycles. The second-order valence-electron chi connectivity index (χ2n) is 11.8. The van der Waals surface area contributed by atoms with E-state index in [4.69, 9.17) is 13.9 Å². The van der Waals surface area contributed by atoms with Gasteiger partial charge in [0.25, 0.3) is 0 Å². The summed E-state index contributed by atoms with van der Waals surface area (Å²) in [6.45, 7) is -1.25. The van der Waals surface area contributed by atoms with E-state index < -0.39 is 25.2 Å². The number of benzene rings is 4. The third-order valence-corrected chi connectivity index (χ3v) is 8.20. The Kier molecular flexibility index (Phi) is 13.2. The lowest BCUT2D eigenvalue weighted by molar-refractivity contribution is -0.0505. The van der Waals surface area contributed by atoms with Gasteiger partial charge in [-0.3, -0.25) is 0 Å². The van der Waals surface area contributed by atoms with Crippen molar-refractivity contribution < 1.29 is 55.3 Å². The molecule has 0 aliphatic heterocycles. The normalized spacial score (nSPS) is 10.8. The number of alkyl halides is 4. The van der Waals surface area contributed by atoms with E-state index in [1.54, 1.807) is 44.2 Å². The number of furan rings is 2. The number of nitrogens with one attached hydrogen (secondary N) is 2. The summed E-state index contributed by atoms with van der Waals surface area (Å²) in [7, 11) is 1.30. The number of methoxy groups -OCH3 is 1. The zero-order chi connectivity index (χ0) is 39.5. The Morgan fingerprint density at radius 2 is 0.945 bits per heavy atom. The number of carbonyl (C=O) groups excluding carboxylic acids is 1. The summed E-state index contributed by atoms with van der Waals surface area (Å²) in [5.74, 6) is -0.0759. The van der Waals surface area contributed by atoms with Crippen LogP contribution in [0.25, 0.3) is 22.3 Å². The van der Waals surface area contributed by atoms with E-state index in [0.717, 1.165) is 44.8 Å². The van der Waals surface area contributed by atoms with Crippen LogP contribution in [-0.2, 0) is 17.8 Å². The van der Waals surface area contributed by atoms with Crippen LogP contribution in [0.4, 0.5) is 28.9 Å². The van der Waals surface area contributed by atoms with Crippen molar-refractivity contribution in [3.63, 3.8) is 0 Å². The Morgan fingerprint density at radius 1 is 0.600 bits per heavy atom. The van der Waals surface area contributed by atoms with Gasteiger partial charge in [-0.1, -0.05) is 48.5 Å². The number of aromatic carboxylic acids is 1. The zero-order valence-corrected chi connectivity index (χ0v) is 29.8. The first-order chi connectivity index (χ1) is 26.4. The van der Waals surface area contributed by atoms with Crippen molar-refractivity contribution in [3.05, 3.63) is 143 Å². The molecule has 0 spiro atoms. The maximum Gasteiger partial charge on any atom is 0.387 e. The number of hydrogen-bond acceptors (Lipinski definition) is 9. The minimum Gasteiger partial charge on any atom is -0.475 e. The fraction of sp³-hybridized carbons (Fsp3) is 0.171. The number of rotatable bonds is 14. The van der Waals surface area contributed by atoms with Crippen LogP contribution in [-0.4, -0.2) is 37.4 Å². The maximum atomic E-state index is 12.2. The number of halogens is 4. The van der Waals surface area contributed by atoms with Gasteiger partial charge in [0.05, 0.1) is 7.11 Å². The molecule has 0 aliphatic rings. The van der Waals surface area contributed by atoms with Crippen molar-refractivity contribution in [2.24, 2.45) is 0 Å². The van der Waals surface area contributed by atoms with Crippen molar-refractivity contribution in [1.29, 1.82) is 0 Å². The van der Waals surface area contributed by atoms with Crippen LogP contribution < -0.4 is 20.1 Å². The third kappa shape index (κ3) is 11.2. The fourth-order valence-corrected chi connectivity index (χ4v) is 5.31. The number of carbonyl (C=O) groups is 2. The average molecular weight is 761 g/mol. The number of aryl methyl sites for hydroxylation is 2. The van der Waals surface area contributed by atoms with Gasteiger partial charge in [-0.15, -0.1) is 0 Å². The monoisotopic (exact) mass is 760 g/mol. The SMILES string of the molecule is COC(=O)c1cc(CNc2ccc(-c3ccc(OC(F)F)cc3)cc2)c(C)o1.Cc1oc(C(=O)O)cc1CNc1ccc(-c2ccc(OC(F)F)cc2)cc1. The molecule has 3 N–H and O–H groups in total. The first-order valence-corrected chi connectivity index (χ1v) is 16.7. The molecule has 0 fully saturated rings. The molecule has 14 heteroatoms. The molecule has 6 rings (SSSR count). The van der Waals surface area contributed by atoms with E-state index in [0.29, 0.717) is 24.6 Å². The van der Waals surface area contributed by atoms with Gasteiger partial charge < -0.3 is 38.8 Å². The standard InChI is InChI=1S/C21H19F2NO4.C20H17F2NO4/c1-13-16(11-19(27-13)20(25)26-2)12-24-17-7-3-14(4-8-17)15-5-9-18(10-6-15)28-21(22)23;1-12-15(10-18(26-12)19(24)25)11-23-16-6-2-13(3-7-16)14-4-8-17(9-5-14)27-20(21)22/h3-11,21,24H,12H2,1-2H3;2-10,20,23H,11H2,1H3,(H,24,25). The minimum absolute atomic E-state index is 0.0843. The van der Waals surface area contributed by atoms with Gasteiger partial charge in [0.2, 0.25) is 11.5 Å². The fourth-order valence-electron chi connectivity index (χ4n) is 5.31. The van der Waals surface area contributed by atoms with Crippen LogP contribution in [0.2, 0.25) is 0 Å². The van der Waals surface area contributed by atoms with Crippen LogP contribution >= 0.6 is 0 Å². The summed E-state index contributed by atoms with van der Waals surface area (Å²) in [6.07, 6.45) is 0. The second-order valence-corrected chi connectivity index (χ2v) is 11.8. The molecule has 286 valence electrons. The molecule has 55 heavy (non-hydrogen) atoms. The number of ether oxygens (including phenoxy) is 3. The molecule has 0 radical (unpaired) electrons. The molecule has 2 aromatic heterocycles. The molecule has 10 nitrogen and oxygen atoms in total. The maximum absolute atomic E-state index is 12.2. The zero-order valence-electron chi connectivity index (χ0n) is 29.8. The van der Waals surface area contributed by atoms with E-state index in [2.05, 4.69) is 24.8 Å². The molecule has 6 aromatic rings. The number of carboxylic acid groups (broad SMARTS) is 1. The first kappa shape index (κ1) is 39.5. The van der Waals surface area contributed by atoms with Crippen LogP contribution in [0.1, 0.15) is 43.8 Å². The van der Waals surface area contributed by atoms with Crippen LogP contribution in [0.15, 0.2) is 118 Å². The largest absolute Gasteiger partial charge is 0.475 e. The lowest BCUT2D eigenvalue weighted by atomic mass is 10.1. The summed E-state index contributed by atoms with van der Waals surface area (Å²) in [5, 5.41) is 15.4. The minimum atomic E-state index is -2.84. The van der Waals surface area contributed by atoms with E-state index >= 15 is 0 Å². The summed E-state index contributed by atoms with van der Waals surface area (Å²) >= 11 is 0. The van der Waals surface area contributed by atoms with Crippen molar-refractivity contribution in [2.75, 3.05) is 17.7 Å². The summed E-state index contributed by atoms with van der Waals surface area (Å²) in [4.78, 5) is 22.4. The molecule has 0 amide bonds. The third-order valence-electron chi connectivity index (χ3n) is 8.20. The van der Waals surface area contributed by atoms with Crippen molar-refractivity contribution in [3.8, 4) is 33.8 Å². The summed E-state index contributed by atoms with van der Waals surface area (Å²) < 4.78 is 72.7. The molecule has 4 aromatic carbocycles. The molecule has 0 atom stereocenters. The Morgan fingerprint density at radius 3 is 1.27 bits per heavy atom. The van der Waals surface area contributed by atoms with Gasteiger partial charge in [-0.05, 0) is 96.8 Å². The number of hydrogen-bond donors (Lipinski definition) is 3. The molecule has 2 heterocycles. The lowest BCUT2D eigenvalue weighted by Gasteiger charge is -2.08. The number of anilines is 2. The predicted molar refractivity (Wildman–Crippen MR) is 197 cm³/mol. The van der Waals surface area contributed by atoms with Gasteiger partial charge in [0, 0.05) is 35.6 Å². The highest BCUT2D eigenvalue weighted by Crippen LogP contribution is 2.27. The Bertz CT molecular complexity index is 2160. The summed E-state index contributed by atoms with van der Waals surface area (Å²) in [5.41, 5.74) is 7.01. The molecular formula is C41H36F4N2O8. The highest BCUT2D eigenvalue weighted by Gasteiger charge is 2.15. The van der Waals surface area contributed by atoms with Gasteiger partial charge in [0.1, 0.15) is 23.0 Å². The first-order valence-electron chi connectivity index (χ1n) is 16.7. The number of esters is 1. The Hall–Kier alpha value is -6.70. The van der Waals surface area contributed by atoms with Crippen LogP contribution in [0.5, 0.6) is 11.5 Å². The van der Waals surface area contributed by atoms with Gasteiger partial charge in [-0.2, -0.15) is 17.6 Å². The van der Waals surface area contributed by atoms with Crippen molar-refractivity contribution in [1.82, 2.24) is 0 Å². The number of carboxylic acids is 1. The highest BCUT2D eigenvalue weighted by molar-refractivity contribution is 5.86. The molecular weight excluding hydrogens is 724 g/mol. The molecule has 0 bridgehead atoms. The average Bonchev–Trinajstić information content (AvgIpc) is 3.75. The van der Waals surface area contributed by atoms with E-state index in [1.165, 1.54) is 37.4 Å². The van der Waals surface area contributed by atoms with Gasteiger partial charge in [0.15, 0.2) is 0 Å². The molecule has 0 saturated heterocycles. The van der Waals surface area contributed by atoms with Crippen LogP contribution in [0, 0.1) is 13.8 Å². The topological polar surface area (TPSA) is 132 Å². The lowest BCUT2D eigenvalue weighted by Crippen LogP contribution is -2.01. The smallest absolute Gasteiger partial charge is 0.387 e.